The molecule has 2 aromatic rings. The second-order valence-corrected chi connectivity index (χ2v) is 4.76. The van der Waals surface area contributed by atoms with Crippen molar-refractivity contribution in [2.24, 2.45) is 0 Å². The molecule has 0 fully saturated rings. The summed E-state index contributed by atoms with van der Waals surface area (Å²) >= 11 is 4.88. The maximum atomic E-state index is 11.6. The SMILES string of the molecule is O=c1c(Br)cccn1Cc1cccs1. The van der Waals surface area contributed by atoms with E-state index >= 15 is 0 Å². The molecule has 0 N–H and O–H groups in total. The molecule has 0 saturated heterocycles. The predicted octanol–water partition coefficient (Wildman–Crippen LogP) is 2.72. The Bertz CT molecular complexity index is 475. The Balaban J connectivity index is 2.34. The molecule has 72 valence electrons. The molecule has 0 radical (unpaired) electrons. The summed E-state index contributed by atoms with van der Waals surface area (Å²) in [5, 5.41) is 2.01. The molecule has 0 amide bonds. The van der Waals surface area contributed by atoms with Crippen molar-refractivity contribution in [1.82, 2.24) is 4.57 Å². The van der Waals surface area contributed by atoms with Gasteiger partial charge in [-0.05, 0) is 39.5 Å². The minimum atomic E-state index is 0.0147. The van der Waals surface area contributed by atoms with Crippen molar-refractivity contribution in [3.8, 4) is 0 Å². The number of rotatable bonds is 2. The number of pyridine rings is 1. The summed E-state index contributed by atoms with van der Waals surface area (Å²) in [6.45, 7) is 0.649. The molecule has 14 heavy (non-hydrogen) atoms. The van der Waals surface area contributed by atoms with Gasteiger partial charge >= 0.3 is 0 Å². The van der Waals surface area contributed by atoms with E-state index in [4.69, 9.17) is 0 Å². The lowest BCUT2D eigenvalue weighted by Crippen LogP contribution is -2.19. The highest BCUT2D eigenvalue weighted by Crippen LogP contribution is 2.10. The summed E-state index contributed by atoms with van der Waals surface area (Å²) in [5.74, 6) is 0. The van der Waals surface area contributed by atoms with Crippen LogP contribution in [-0.2, 0) is 6.54 Å². The Kier molecular flexibility index (Phi) is 2.84. The first kappa shape index (κ1) is 9.68. The van der Waals surface area contributed by atoms with Crippen LogP contribution in [0.25, 0.3) is 0 Å². The predicted molar refractivity (Wildman–Crippen MR) is 61.8 cm³/mol. The van der Waals surface area contributed by atoms with E-state index < -0.39 is 0 Å². The third-order valence-electron chi connectivity index (χ3n) is 1.88. The summed E-state index contributed by atoms with van der Waals surface area (Å²) in [4.78, 5) is 12.8. The molecule has 2 rings (SSSR count). The van der Waals surface area contributed by atoms with Crippen LogP contribution in [0.2, 0.25) is 0 Å². The maximum absolute atomic E-state index is 11.6. The highest BCUT2D eigenvalue weighted by atomic mass is 79.9. The van der Waals surface area contributed by atoms with Crippen molar-refractivity contribution in [1.29, 1.82) is 0 Å². The van der Waals surface area contributed by atoms with E-state index in [-0.39, 0.29) is 5.56 Å². The molecular formula is C10H8BrNOS. The first-order valence-electron chi connectivity index (χ1n) is 4.15. The summed E-state index contributed by atoms with van der Waals surface area (Å²) < 4.78 is 2.30. The van der Waals surface area contributed by atoms with E-state index in [1.54, 1.807) is 28.2 Å². The second kappa shape index (κ2) is 4.11. The van der Waals surface area contributed by atoms with Gasteiger partial charge in [0.2, 0.25) is 0 Å². The highest BCUT2D eigenvalue weighted by Gasteiger charge is 2.00. The number of aromatic nitrogens is 1. The lowest BCUT2D eigenvalue weighted by Gasteiger charge is -2.03. The van der Waals surface area contributed by atoms with Crippen LogP contribution in [0.1, 0.15) is 4.88 Å². The number of hydrogen-bond donors (Lipinski definition) is 0. The summed E-state index contributed by atoms with van der Waals surface area (Å²) in [6, 6.07) is 7.63. The molecular weight excluding hydrogens is 262 g/mol. The smallest absolute Gasteiger partial charge is 0.265 e. The molecule has 0 bridgehead atoms. The Morgan fingerprint density at radius 3 is 2.93 bits per heavy atom. The first-order chi connectivity index (χ1) is 6.77. The van der Waals surface area contributed by atoms with Crippen molar-refractivity contribution in [3.63, 3.8) is 0 Å². The van der Waals surface area contributed by atoms with Gasteiger partial charge in [-0.1, -0.05) is 6.07 Å². The normalized spacial score (nSPS) is 10.4. The summed E-state index contributed by atoms with van der Waals surface area (Å²) in [6.07, 6.45) is 1.80. The van der Waals surface area contributed by atoms with Gasteiger partial charge in [0.05, 0.1) is 11.0 Å². The van der Waals surface area contributed by atoms with Gasteiger partial charge in [0.1, 0.15) is 0 Å². The van der Waals surface area contributed by atoms with Gasteiger partial charge in [-0.15, -0.1) is 11.3 Å². The van der Waals surface area contributed by atoms with Crippen LogP contribution in [0.5, 0.6) is 0 Å². The Morgan fingerprint density at radius 1 is 1.36 bits per heavy atom. The molecule has 0 atom stereocenters. The average molecular weight is 270 g/mol. The zero-order valence-electron chi connectivity index (χ0n) is 7.31. The average Bonchev–Trinajstić information content (AvgIpc) is 2.66. The van der Waals surface area contributed by atoms with E-state index in [9.17, 15) is 4.79 Å². The van der Waals surface area contributed by atoms with Crippen LogP contribution >= 0.6 is 27.3 Å². The lowest BCUT2D eigenvalue weighted by molar-refractivity contribution is 0.765. The van der Waals surface area contributed by atoms with Gasteiger partial charge in [0, 0.05) is 11.1 Å². The van der Waals surface area contributed by atoms with Gasteiger partial charge in [-0.25, -0.2) is 0 Å². The lowest BCUT2D eigenvalue weighted by atomic mass is 10.4. The van der Waals surface area contributed by atoms with Gasteiger partial charge in [-0.2, -0.15) is 0 Å². The molecule has 0 aromatic carbocycles. The van der Waals surface area contributed by atoms with Crippen LogP contribution < -0.4 is 5.56 Å². The Morgan fingerprint density at radius 2 is 2.21 bits per heavy atom. The van der Waals surface area contributed by atoms with Crippen LogP contribution in [0, 0.1) is 0 Å². The molecule has 2 aromatic heterocycles. The Hall–Kier alpha value is -0.870. The third-order valence-corrected chi connectivity index (χ3v) is 3.34. The summed E-state index contributed by atoms with van der Waals surface area (Å²) in [7, 11) is 0. The number of thiophene rings is 1. The van der Waals surface area contributed by atoms with Crippen molar-refractivity contribution in [3.05, 3.63) is 55.5 Å². The fourth-order valence-electron chi connectivity index (χ4n) is 1.20. The van der Waals surface area contributed by atoms with Gasteiger partial charge in [-0.3, -0.25) is 4.79 Å². The maximum Gasteiger partial charge on any atom is 0.265 e. The van der Waals surface area contributed by atoms with E-state index in [2.05, 4.69) is 15.9 Å². The Labute approximate surface area is 94.0 Å². The minimum absolute atomic E-state index is 0.0147. The van der Waals surface area contributed by atoms with Crippen molar-refractivity contribution in [2.75, 3.05) is 0 Å². The van der Waals surface area contributed by atoms with E-state index in [1.165, 1.54) is 4.88 Å². The largest absolute Gasteiger partial charge is 0.309 e. The first-order valence-corrected chi connectivity index (χ1v) is 5.82. The van der Waals surface area contributed by atoms with Crippen molar-refractivity contribution < 1.29 is 0 Å². The molecule has 0 aliphatic heterocycles. The minimum Gasteiger partial charge on any atom is -0.309 e. The molecule has 2 heterocycles. The molecule has 0 aliphatic carbocycles. The highest BCUT2D eigenvalue weighted by molar-refractivity contribution is 9.10. The molecule has 0 saturated carbocycles. The van der Waals surface area contributed by atoms with E-state index in [0.29, 0.717) is 11.0 Å². The van der Waals surface area contributed by atoms with E-state index in [1.807, 2.05) is 23.6 Å². The topological polar surface area (TPSA) is 22.0 Å². The number of hydrogen-bond acceptors (Lipinski definition) is 2. The van der Waals surface area contributed by atoms with E-state index in [0.717, 1.165) is 0 Å². The fraction of sp³-hybridized carbons (Fsp3) is 0.100. The van der Waals surface area contributed by atoms with Crippen LogP contribution in [-0.4, -0.2) is 4.57 Å². The third kappa shape index (κ3) is 1.96. The molecule has 4 heteroatoms. The van der Waals surface area contributed by atoms with Crippen LogP contribution in [0.15, 0.2) is 45.1 Å². The quantitative estimate of drug-likeness (QED) is 0.822. The number of nitrogens with zero attached hydrogens (tertiary/aromatic N) is 1. The van der Waals surface area contributed by atoms with Gasteiger partial charge < -0.3 is 4.57 Å². The monoisotopic (exact) mass is 269 g/mol. The van der Waals surface area contributed by atoms with Crippen molar-refractivity contribution in [2.45, 2.75) is 6.54 Å². The fourth-order valence-corrected chi connectivity index (χ4v) is 2.29. The molecule has 0 unspecified atom stereocenters. The zero-order valence-corrected chi connectivity index (χ0v) is 9.72. The zero-order chi connectivity index (χ0) is 9.97. The summed E-state index contributed by atoms with van der Waals surface area (Å²) in [5.41, 5.74) is 0.0147. The van der Waals surface area contributed by atoms with Gasteiger partial charge in [0.25, 0.3) is 5.56 Å². The molecule has 0 spiro atoms. The van der Waals surface area contributed by atoms with Crippen LogP contribution in [0.4, 0.5) is 0 Å². The van der Waals surface area contributed by atoms with Crippen LogP contribution in [0.3, 0.4) is 0 Å². The van der Waals surface area contributed by atoms with Crippen molar-refractivity contribution >= 4 is 27.3 Å². The number of halogens is 1. The van der Waals surface area contributed by atoms with Gasteiger partial charge in [0.15, 0.2) is 0 Å². The standard InChI is InChI=1S/C10H8BrNOS/c11-9-4-1-5-12(10(9)13)7-8-3-2-6-14-8/h1-6H,7H2. The second-order valence-electron chi connectivity index (χ2n) is 2.87. The molecule has 2 nitrogen and oxygen atoms in total. The molecule has 0 aliphatic rings.